The zero-order valence-corrected chi connectivity index (χ0v) is 15.2. The van der Waals surface area contributed by atoms with Crippen LogP contribution >= 0.6 is 0 Å². The molecule has 2 rings (SSSR count). The molecular weight excluding hydrogens is 353 g/mol. The largest absolute Gasteiger partial charge is 0.452 e. The molecule has 2 N–H and O–H groups in total. The van der Waals surface area contributed by atoms with Crippen LogP contribution in [0.5, 0.6) is 0 Å². The van der Waals surface area contributed by atoms with E-state index >= 15 is 0 Å². The minimum Gasteiger partial charge on any atom is -0.452 e. The third kappa shape index (κ3) is 5.81. The van der Waals surface area contributed by atoms with E-state index in [1.54, 1.807) is 43.3 Å². The molecular formula is C19H20FN3O4. The summed E-state index contributed by atoms with van der Waals surface area (Å²) < 4.78 is 18.8. The first-order valence-corrected chi connectivity index (χ1v) is 8.08. The third-order valence-corrected chi connectivity index (χ3v) is 3.47. The van der Waals surface area contributed by atoms with Gasteiger partial charge in [0.15, 0.2) is 6.61 Å². The molecule has 0 saturated carbocycles. The molecule has 0 atom stereocenters. The Labute approximate surface area is 156 Å². The Morgan fingerprint density at radius 1 is 1.04 bits per heavy atom. The van der Waals surface area contributed by atoms with Crippen molar-refractivity contribution in [2.45, 2.75) is 6.92 Å². The zero-order chi connectivity index (χ0) is 20.0. The lowest BCUT2D eigenvalue weighted by Crippen LogP contribution is -2.21. The smallest absolute Gasteiger partial charge is 0.338 e. The van der Waals surface area contributed by atoms with Crippen LogP contribution in [0.3, 0.4) is 0 Å². The Balaban J connectivity index is 1.92. The molecule has 0 fully saturated rings. The molecule has 2 aromatic carbocycles. The summed E-state index contributed by atoms with van der Waals surface area (Å²) in [4.78, 5) is 36.5. The standard InChI is InChI=1S/C19H20FN3O4/c1-12(24)21-14-5-4-6-15(10-14)22-18(25)11-27-19(26)13-7-8-17(23(2)3)16(20)9-13/h4-10H,11H2,1-3H3,(H,21,24)(H,22,25). The molecule has 0 unspecified atom stereocenters. The lowest BCUT2D eigenvalue weighted by Gasteiger charge is -2.14. The van der Waals surface area contributed by atoms with Gasteiger partial charge in [-0.25, -0.2) is 9.18 Å². The van der Waals surface area contributed by atoms with E-state index in [1.165, 1.54) is 19.1 Å². The third-order valence-electron chi connectivity index (χ3n) is 3.47. The van der Waals surface area contributed by atoms with Crippen molar-refractivity contribution in [3.8, 4) is 0 Å². The minimum atomic E-state index is -0.804. The van der Waals surface area contributed by atoms with Crippen LogP contribution in [0.2, 0.25) is 0 Å². The predicted octanol–water partition coefficient (Wildman–Crippen LogP) is 2.65. The first kappa shape index (κ1) is 19.9. The van der Waals surface area contributed by atoms with Crippen LogP contribution in [0.1, 0.15) is 17.3 Å². The Hall–Kier alpha value is -3.42. The number of ether oxygens (including phenoxy) is 1. The second-order valence-corrected chi connectivity index (χ2v) is 5.95. The van der Waals surface area contributed by atoms with Crippen molar-refractivity contribution >= 4 is 34.8 Å². The number of nitrogens with zero attached hydrogens (tertiary/aromatic N) is 1. The molecule has 0 bridgehead atoms. The van der Waals surface area contributed by atoms with Gasteiger partial charge in [0.25, 0.3) is 5.91 Å². The molecule has 0 aliphatic heterocycles. The molecule has 8 heteroatoms. The number of amides is 2. The molecule has 142 valence electrons. The van der Waals surface area contributed by atoms with Gasteiger partial charge in [-0.1, -0.05) is 6.07 Å². The van der Waals surface area contributed by atoms with E-state index in [-0.39, 0.29) is 11.5 Å². The van der Waals surface area contributed by atoms with Gasteiger partial charge < -0.3 is 20.3 Å². The molecule has 0 radical (unpaired) electrons. The second kappa shape index (κ2) is 8.79. The normalized spacial score (nSPS) is 10.1. The van der Waals surface area contributed by atoms with Crippen molar-refractivity contribution < 1.29 is 23.5 Å². The van der Waals surface area contributed by atoms with Gasteiger partial charge in [0.1, 0.15) is 5.82 Å². The fourth-order valence-corrected chi connectivity index (χ4v) is 2.29. The van der Waals surface area contributed by atoms with E-state index in [2.05, 4.69) is 10.6 Å². The molecule has 0 aliphatic rings. The van der Waals surface area contributed by atoms with Crippen molar-refractivity contribution in [2.75, 3.05) is 36.2 Å². The maximum Gasteiger partial charge on any atom is 0.338 e. The first-order valence-electron chi connectivity index (χ1n) is 8.08. The molecule has 0 heterocycles. The van der Waals surface area contributed by atoms with Gasteiger partial charge in [-0.15, -0.1) is 0 Å². The topological polar surface area (TPSA) is 87.7 Å². The van der Waals surface area contributed by atoms with Crippen LogP contribution in [0.15, 0.2) is 42.5 Å². The van der Waals surface area contributed by atoms with E-state index < -0.39 is 24.3 Å². The maximum atomic E-state index is 13.9. The number of benzene rings is 2. The molecule has 2 amide bonds. The van der Waals surface area contributed by atoms with Gasteiger partial charge in [0.05, 0.1) is 11.3 Å². The van der Waals surface area contributed by atoms with Crippen LogP contribution in [0.4, 0.5) is 21.5 Å². The molecule has 0 saturated heterocycles. The average Bonchev–Trinajstić information content (AvgIpc) is 2.59. The van der Waals surface area contributed by atoms with Crippen molar-refractivity contribution in [1.29, 1.82) is 0 Å². The highest BCUT2D eigenvalue weighted by Crippen LogP contribution is 2.19. The van der Waals surface area contributed by atoms with E-state index in [4.69, 9.17) is 4.74 Å². The van der Waals surface area contributed by atoms with Crippen LogP contribution in [0.25, 0.3) is 0 Å². The summed E-state index contributed by atoms with van der Waals surface area (Å²) in [7, 11) is 3.36. The van der Waals surface area contributed by atoms with Gasteiger partial charge in [-0.3, -0.25) is 9.59 Å². The van der Waals surface area contributed by atoms with Crippen molar-refractivity contribution in [1.82, 2.24) is 0 Å². The van der Waals surface area contributed by atoms with Gasteiger partial charge >= 0.3 is 5.97 Å². The van der Waals surface area contributed by atoms with E-state index in [0.717, 1.165) is 6.07 Å². The number of halogens is 1. The Bertz CT molecular complexity index is 868. The summed E-state index contributed by atoms with van der Waals surface area (Å²) in [5.41, 5.74) is 1.30. The van der Waals surface area contributed by atoms with E-state index in [1.807, 2.05) is 0 Å². The van der Waals surface area contributed by atoms with Gasteiger partial charge in [-0.2, -0.15) is 0 Å². The fraction of sp³-hybridized carbons (Fsp3) is 0.211. The number of carbonyl (C=O) groups is 3. The quantitative estimate of drug-likeness (QED) is 0.760. The van der Waals surface area contributed by atoms with E-state index in [9.17, 15) is 18.8 Å². The monoisotopic (exact) mass is 373 g/mol. The molecule has 0 spiro atoms. The van der Waals surface area contributed by atoms with Crippen LogP contribution in [-0.2, 0) is 14.3 Å². The van der Waals surface area contributed by atoms with Crippen molar-refractivity contribution in [3.63, 3.8) is 0 Å². The van der Waals surface area contributed by atoms with E-state index in [0.29, 0.717) is 17.1 Å². The summed E-state index contributed by atoms with van der Waals surface area (Å²) in [6, 6.07) is 10.5. The van der Waals surface area contributed by atoms with Crippen molar-refractivity contribution in [2.24, 2.45) is 0 Å². The highest BCUT2D eigenvalue weighted by atomic mass is 19.1. The summed E-state index contributed by atoms with van der Waals surface area (Å²) in [5.74, 6) is -2.16. The summed E-state index contributed by atoms with van der Waals surface area (Å²) in [6.45, 7) is 0.846. The Morgan fingerprint density at radius 3 is 2.30 bits per heavy atom. The number of hydrogen-bond acceptors (Lipinski definition) is 5. The van der Waals surface area contributed by atoms with Crippen LogP contribution in [-0.4, -0.2) is 38.5 Å². The van der Waals surface area contributed by atoms with Gasteiger partial charge in [-0.05, 0) is 36.4 Å². The predicted molar refractivity (Wildman–Crippen MR) is 100 cm³/mol. The van der Waals surface area contributed by atoms with Gasteiger partial charge in [0.2, 0.25) is 5.91 Å². The second-order valence-electron chi connectivity index (χ2n) is 5.95. The number of rotatable bonds is 6. The molecule has 7 nitrogen and oxygen atoms in total. The lowest BCUT2D eigenvalue weighted by atomic mass is 10.2. The fourth-order valence-electron chi connectivity index (χ4n) is 2.29. The van der Waals surface area contributed by atoms with Crippen LogP contribution < -0.4 is 15.5 Å². The number of nitrogens with one attached hydrogen (secondary N) is 2. The Morgan fingerprint density at radius 2 is 1.70 bits per heavy atom. The summed E-state index contributed by atoms with van der Waals surface area (Å²) >= 11 is 0. The van der Waals surface area contributed by atoms with Crippen LogP contribution in [0, 0.1) is 5.82 Å². The van der Waals surface area contributed by atoms with Gasteiger partial charge in [0, 0.05) is 32.4 Å². The highest BCUT2D eigenvalue weighted by molar-refractivity contribution is 5.96. The van der Waals surface area contributed by atoms with Crippen molar-refractivity contribution in [3.05, 3.63) is 53.8 Å². The lowest BCUT2D eigenvalue weighted by molar-refractivity contribution is -0.119. The summed E-state index contributed by atoms with van der Waals surface area (Å²) in [6.07, 6.45) is 0. The minimum absolute atomic E-state index is 0.0126. The number of carbonyl (C=O) groups excluding carboxylic acids is 3. The highest BCUT2D eigenvalue weighted by Gasteiger charge is 2.14. The molecule has 0 aliphatic carbocycles. The first-order chi connectivity index (χ1) is 12.8. The number of anilines is 3. The maximum absolute atomic E-state index is 13.9. The molecule has 27 heavy (non-hydrogen) atoms. The molecule has 2 aromatic rings. The summed E-state index contributed by atoms with van der Waals surface area (Å²) in [5, 5.41) is 5.14. The average molecular weight is 373 g/mol. The number of hydrogen-bond donors (Lipinski definition) is 2. The Kier molecular flexibility index (Phi) is 6.48. The number of esters is 1. The SMILES string of the molecule is CC(=O)Nc1cccc(NC(=O)COC(=O)c2ccc(N(C)C)c(F)c2)c1. The molecule has 0 aromatic heterocycles. The zero-order valence-electron chi connectivity index (χ0n) is 15.2.